The molecule has 0 aliphatic carbocycles. The van der Waals surface area contributed by atoms with Crippen LogP contribution in [0.5, 0.6) is 17.2 Å². The highest BCUT2D eigenvalue weighted by molar-refractivity contribution is 7.14. The Labute approximate surface area is 172 Å². The van der Waals surface area contributed by atoms with E-state index in [0.29, 0.717) is 22.8 Å². The van der Waals surface area contributed by atoms with Crippen molar-refractivity contribution in [1.29, 1.82) is 0 Å². The third kappa shape index (κ3) is 4.46. The summed E-state index contributed by atoms with van der Waals surface area (Å²) >= 11 is 1.08. The van der Waals surface area contributed by atoms with Crippen LogP contribution in [0, 0.1) is 23.3 Å². The molecule has 6 nitrogen and oxygen atoms in total. The Kier molecular flexibility index (Phi) is 6.40. The Morgan fingerprint density at radius 2 is 1.77 bits per heavy atom. The monoisotopic (exact) mass is 442 g/mol. The summed E-state index contributed by atoms with van der Waals surface area (Å²) in [5, 5.41) is 4.19. The number of nitrogens with zero attached hydrogens (tertiary/aromatic N) is 1. The van der Waals surface area contributed by atoms with Gasteiger partial charge in [0.15, 0.2) is 29.1 Å². The average molecular weight is 442 g/mol. The van der Waals surface area contributed by atoms with Crippen LogP contribution in [0.1, 0.15) is 0 Å². The molecule has 0 aliphatic heterocycles. The Balaban J connectivity index is 1.71. The maximum Gasteiger partial charge on any atom is 0.264 e. The number of aromatic nitrogens is 1. The number of rotatable bonds is 7. The predicted octanol–water partition coefficient (Wildman–Crippen LogP) is 4.40. The fourth-order valence-electron chi connectivity index (χ4n) is 2.44. The van der Waals surface area contributed by atoms with Crippen molar-refractivity contribution in [1.82, 2.24) is 4.98 Å². The molecule has 1 N–H and O–H groups in total. The van der Waals surface area contributed by atoms with E-state index in [-0.39, 0.29) is 11.2 Å². The van der Waals surface area contributed by atoms with Gasteiger partial charge in [0.1, 0.15) is 11.5 Å². The lowest BCUT2D eigenvalue weighted by atomic mass is 10.1. The number of carbonyl (C=O) groups excluding carboxylic acids is 1. The van der Waals surface area contributed by atoms with E-state index in [4.69, 9.17) is 9.47 Å². The predicted molar refractivity (Wildman–Crippen MR) is 101 cm³/mol. The Morgan fingerprint density at radius 1 is 1.07 bits per heavy atom. The standard InChI is InChI=1S/C19H14F4N2O4S/c1-27-9-3-4-14(28-2)10(5-9)13-8-30-19(24-13)25-15(26)7-29-18-16(22)11(20)6-12(21)17(18)23/h3-6,8H,7H2,1-2H3,(H,24,25,26). The number of benzene rings is 2. The minimum absolute atomic E-state index is 0.0432. The topological polar surface area (TPSA) is 69.7 Å². The van der Waals surface area contributed by atoms with Crippen molar-refractivity contribution in [2.75, 3.05) is 26.1 Å². The first kappa shape index (κ1) is 21.4. The summed E-state index contributed by atoms with van der Waals surface area (Å²) in [6.07, 6.45) is 0. The summed E-state index contributed by atoms with van der Waals surface area (Å²) < 4.78 is 68.6. The number of halogens is 4. The van der Waals surface area contributed by atoms with Crippen molar-refractivity contribution in [2.24, 2.45) is 0 Å². The molecule has 3 aromatic rings. The largest absolute Gasteiger partial charge is 0.497 e. The van der Waals surface area contributed by atoms with E-state index in [0.717, 1.165) is 11.3 Å². The summed E-state index contributed by atoms with van der Waals surface area (Å²) in [6.45, 7) is -0.895. The van der Waals surface area contributed by atoms with E-state index in [2.05, 4.69) is 15.0 Å². The number of methoxy groups -OCH3 is 2. The van der Waals surface area contributed by atoms with Gasteiger partial charge in [-0.2, -0.15) is 8.78 Å². The molecule has 30 heavy (non-hydrogen) atoms. The van der Waals surface area contributed by atoms with Gasteiger partial charge in [0, 0.05) is 17.0 Å². The fraction of sp³-hybridized carbons (Fsp3) is 0.158. The molecule has 0 saturated carbocycles. The molecule has 3 rings (SSSR count). The smallest absolute Gasteiger partial charge is 0.264 e. The van der Waals surface area contributed by atoms with Crippen molar-refractivity contribution in [2.45, 2.75) is 0 Å². The Hall–Kier alpha value is -3.34. The first-order valence-electron chi connectivity index (χ1n) is 8.27. The average Bonchev–Trinajstić information content (AvgIpc) is 3.20. The van der Waals surface area contributed by atoms with Crippen LogP contribution in [0.4, 0.5) is 22.7 Å². The van der Waals surface area contributed by atoms with E-state index in [9.17, 15) is 22.4 Å². The Morgan fingerprint density at radius 3 is 2.40 bits per heavy atom. The van der Waals surface area contributed by atoms with Crippen LogP contribution < -0.4 is 19.5 Å². The second-order valence-corrected chi connectivity index (χ2v) is 6.60. The summed E-state index contributed by atoms with van der Waals surface area (Å²) in [6, 6.07) is 5.15. The molecular formula is C19H14F4N2O4S. The molecule has 0 atom stereocenters. The van der Waals surface area contributed by atoms with Crippen LogP contribution in [0.2, 0.25) is 0 Å². The van der Waals surface area contributed by atoms with E-state index in [1.807, 2.05) is 0 Å². The maximum atomic E-state index is 13.6. The fourth-order valence-corrected chi connectivity index (χ4v) is 3.17. The van der Waals surface area contributed by atoms with Crippen molar-refractivity contribution >= 4 is 22.4 Å². The van der Waals surface area contributed by atoms with Gasteiger partial charge in [-0.05, 0) is 18.2 Å². The zero-order valence-corrected chi connectivity index (χ0v) is 16.4. The number of hydrogen-bond acceptors (Lipinski definition) is 6. The van der Waals surface area contributed by atoms with Crippen molar-refractivity contribution < 1.29 is 36.6 Å². The number of anilines is 1. The third-order valence-electron chi connectivity index (χ3n) is 3.85. The van der Waals surface area contributed by atoms with Crippen LogP contribution >= 0.6 is 11.3 Å². The molecule has 1 aromatic heterocycles. The number of nitrogens with one attached hydrogen (secondary N) is 1. The van der Waals surface area contributed by atoms with Crippen LogP contribution in [0.15, 0.2) is 29.6 Å². The number of carbonyl (C=O) groups is 1. The Bertz CT molecular complexity index is 1060. The molecular weight excluding hydrogens is 428 g/mol. The minimum Gasteiger partial charge on any atom is -0.497 e. The zero-order valence-electron chi connectivity index (χ0n) is 15.6. The minimum atomic E-state index is -1.73. The second-order valence-electron chi connectivity index (χ2n) is 5.74. The van der Waals surface area contributed by atoms with Gasteiger partial charge in [0.2, 0.25) is 11.6 Å². The highest BCUT2D eigenvalue weighted by Gasteiger charge is 2.21. The quantitative estimate of drug-likeness (QED) is 0.434. The van der Waals surface area contributed by atoms with Gasteiger partial charge in [-0.1, -0.05) is 0 Å². The van der Waals surface area contributed by atoms with Gasteiger partial charge in [-0.25, -0.2) is 13.8 Å². The lowest BCUT2D eigenvalue weighted by molar-refractivity contribution is -0.118. The van der Waals surface area contributed by atoms with Gasteiger partial charge in [-0.15, -0.1) is 11.3 Å². The molecule has 11 heteroatoms. The number of ether oxygens (including phenoxy) is 3. The number of amides is 1. The van der Waals surface area contributed by atoms with E-state index in [1.165, 1.54) is 14.2 Å². The summed E-state index contributed by atoms with van der Waals surface area (Å²) in [5.41, 5.74) is 1.10. The van der Waals surface area contributed by atoms with Gasteiger partial charge in [0.25, 0.3) is 5.91 Å². The van der Waals surface area contributed by atoms with Gasteiger partial charge in [-0.3, -0.25) is 10.1 Å². The molecule has 0 spiro atoms. The molecule has 158 valence electrons. The van der Waals surface area contributed by atoms with Crippen LogP contribution in [0.3, 0.4) is 0 Å². The summed E-state index contributed by atoms with van der Waals surface area (Å²) in [4.78, 5) is 16.3. The van der Waals surface area contributed by atoms with Crippen LogP contribution in [-0.2, 0) is 4.79 Å². The first-order chi connectivity index (χ1) is 14.3. The normalized spacial score (nSPS) is 10.6. The molecule has 0 fully saturated rings. The molecule has 0 unspecified atom stereocenters. The molecule has 1 amide bonds. The third-order valence-corrected chi connectivity index (χ3v) is 4.61. The van der Waals surface area contributed by atoms with Gasteiger partial charge in [0.05, 0.1) is 19.9 Å². The van der Waals surface area contributed by atoms with Crippen LogP contribution in [-0.4, -0.2) is 31.7 Å². The van der Waals surface area contributed by atoms with E-state index >= 15 is 0 Å². The van der Waals surface area contributed by atoms with Gasteiger partial charge >= 0.3 is 0 Å². The highest BCUT2D eigenvalue weighted by atomic mass is 32.1. The maximum absolute atomic E-state index is 13.6. The lowest BCUT2D eigenvalue weighted by Crippen LogP contribution is -2.21. The number of thiazole rings is 1. The van der Waals surface area contributed by atoms with Crippen molar-refractivity contribution in [3.05, 3.63) is 52.9 Å². The molecule has 0 saturated heterocycles. The van der Waals surface area contributed by atoms with Gasteiger partial charge < -0.3 is 14.2 Å². The second kappa shape index (κ2) is 8.99. The summed E-state index contributed by atoms with van der Waals surface area (Å²) in [5.74, 6) is -7.79. The summed E-state index contributed by atoms with van der Waals surface area (Å²) in [7, 11) is 3.00. The number of hydrogen-bond donors (Lipinski definition) is 1. The van der Waals surface area contributed by atoms with Crippen molar-refractivity contribution in [3.63, 3.8) is 0 Å². The molecule has 1 heterocycles. The van der Waals surface area contributed by atoms with E-state index in [1.54, 1.807) is 23.6 Å². The SMILES string of the molecule is COc1ccc(OC)c(-c2csc(NC(=O)COc3c(F)c(F)cc(F)c3F)n2)c1. The van der Waals surface area contributed by atoms with Crippen molar-refractivity contribution in [3.8, 4) is 28.5 Å². The zero-order chi connectivity index (χ0) is 21.8. The highest BCUT2D eigenvalue weighted by Crippen LogP contribution is 2.35. The van der Waals surface area contributed by atoms with E-state index < -0.39 is 41.5 Å². The molecule has 2 aromatic carbocycles. The molecule has 0 aliphatic rings. The molecule has 0 bridgehead atoms. The first-order valence-corrected chi connectivity index (χ1v) is 9.15. The van der Waals surface area contributed by atoms with Crippen LogP contribution in [0.25, 0.3) is 11.3 Å². The molecule has 0 radical (unpaired) electrons. The lowest BCUT2D eigenvalue weighted by Gasteiger charge is -2.09.